The van der Waals surface area contributed by atoms with Crippen molar-refractivity contribution in [2.24, 2.45) is 4.99 Å². The van der Waals surface area contributed by atoms with Gasteiger partial charge in [-0.3, -0.25) is 14.8 Å². The third-order valence-corrected chi connectivity index (χ3v) is 7.09. The molecule has 2 fully saturated rings. The van der Waals surface area contributed by atoms with Crippen LogP contribution < -0.4 is 10.6 Å². The number of rotatable bonds is 10. The summed E-state index contributed by atoms with van der Waals surface area (Å²) in [6.45, 7) is 18.9. The van der Waals surface area contributed by atoms with Crippen LogP contribution in [0.5, 0.6) is 0 Å². The Morgan fingerprint density at radius 2 is 1.86 bits per heavy atom. The summed E-state index contributed by atoms with van der Waals surface area (Å²) in [4.78, 5) is 10.2. The quantitative estimate of drug-likeness (QED) is 0.192. The van der Waals surface area contributed by atoms with E-state index in [1.54, 1.807) is 0 Å². The average molecular weight is 542 g/mol. The van der Waals surface area contributed by atoms with E-state index < -0.39 is 0 Å². The number of ether oxygens (including phenoxy) is 1. The molecule has 2 N–H and O–H groups in total. The number of nitrogens with zero attached hydrogens (tertiary/aromatic N) is 3. The van der Waals surface area contributed by atoms with E-state index in [9.17, 15) is 0 Å². The second-order valence-corrected chi connectivity index (χ2v) is 9.63. The highest BCUT2D eigenvalue weighted by Gasteiger charge is 2.40. The molecule has 1 unspecified atom stereocenters. The molecule has 0 aromatic rings. The van der Waals surface area contributed by atoms with Crippen molar-refractivity contribution in [1.29, 1.82) is 0 Å². The van der Waals surface area contributed by atoms with Crippen LogP contribution in [0.15, 0.2) is 4.99 Å². The van der Waals surface area contributed by atoms with Crippen LogP contribution >= 0.6 is 35.7 Å². The van der Waals surface area contributed by atoms with Crippen LogP contribution in [0.1, 0.15) is 47.5 Å². The van der Waals surface area contributed by atoms with Gasteiger partial charge in [0.2, 0.25) is 0 Å². The summed E-state index contributed by atoms with van der Waals surface area (Å²) < 4.78 is 5.57. The first-order valence-corrected chi connectivity index (χ1v) is 12.3. The lowest BCUT2D eigenvalue weighted by molar-refractivity contribution is -0.0104. The number of guanidine groups is 1. The van der Waals surface area contributed by atoms with Crippen LogP contribution in [0.3, 0.4) is 0 Å². The van der Waals surface area contributed by atoms with Crippen molar-refractivity contribution < 1.29 is 4.74 Å². The molecule has 0 saturated carbocycles. The molecule has 2 saturated heterocycles. The highest BCUT2D eigenvalue weighted by Crippen LogP contribution is 2.34. The molecule has 2 aliphatic heterocycles. The Hall–Kier alpha value is 0.230. The van der Waals surface area contributed by atoms with Gasteiger partial charge < -0.3 is 15.4 Å². The summed E-state index contributed by atoms with van der Waals surface area (Å²) in [6, 6.07) is 1.19. The maximum Gasteiger partial charge on any atom is 0.191 e. The molecule has 0 aromatic heterocycles. The fourth-order valence-electron chi connectivity index (χ4n) is 4.26. The van der Waals surface area contributed by atoms with Crippen molar-refractivity contribution in [3.8, 4) is 0 Å². The maximum atomic E-state index is 5.57. The molecule has 8 heteroatoms. The van der Waals surface area contributed by atoms with Gasteiger partial charge in [-0.1, -0.05) is 0 Å². The fourth-order valence-corrected chi connectivity index (χ4v) is 5.72. The highest BCUT2D eigenvalue weighted by atomic mass is 127. The molecule has 2 aliphatic rings. The molecule has 172 valence electrons. The number of morpholine rings is 1. The highest BCUT2D eigenvalue weighted by molar-refractivity contribution is 14.0. The molecule has 0 aromatic carbocycles. The van der Waals surface area contributed by atoms with E-state index in [4.69, 9.17) is 9.73 Å². The summed E-state index contributed by atoms with van der Waals surface area (Å²) in [7, 11) is 0. The number of nitrogens with one attached hydrogen (secondary N) is 2. The van der Waals surface area contributed by atoms with Gasteiger partial charge in [0.25, 0.3) is 0 Å². The molecule has 2 rings (SSSR count). The van der Waals surface area contributed by atoms with E-state index in [2.05, 4.69) is 66.8 Å². The van der Waals surface area contributed by atoms with Gasteiger partial charge in [0, 0.05) is 50.6 Å². The average Bonchev–Trinajstić information content (AvgIpc) is 3.16. The lowest BCUT2D eigenvalue weighted by Gasteiger charge is -2.42. The van der Waals surface area contributed by atoms with E-state index in [0.717, 1.165) is 64.9 Å². The Balaban J connectivity index is 0.00000420. The number of hydrogen-bond donors (Lipinski definition) is 2. The van der Waals surface area contributed by atoms with E-state index in [-0.39, 0.29) is 29.5 Å². The van der Waals surface area contributed by atoms with Gasteiger partial charge in [-0.25, -0.2) is 0 Å². The minimum absolute atomic E-state index is 0. The molecular formula is C21H44IN5OS. The molecule has 6 nitrogen and oxygen atoms in total. The molecule has 0 radical (unpaired) electrons. The van der Waals surface area contributed by atoms with Crippen molar-refractivity contribution in [2.75, 3.05) is 64.0 Å². The van der Waals surface area contributed by atoms with Gasteiger partial charge >= 0.3 is 0 Å². The minimum Gasteiger partial charge on any atom is -0.379 e. The molecule has 2 heterocycles. The summed E-state index contributed by atoms with van der Waals surface area (Å²) in [5.41, 5.74) is 0.211. The normalized spacial score (nSPS) is 23.7. The zero-order valence-corrected chi connectivity index (χ0v) is 22.4. The predicted molar refractivity (Wildman–Crippen MR) is 138 cm³/mol. The second kappa shape index (κ2) is 14.3. The zero-order valence-electron chi connectivity index (χ0n) is 19.2. The van der Waals surface area contributed by atoms with Crippen LogP contribution in [0.4, 0.5) is 0 Å². The standard InChI is InChI=1S/C21H43N5OS.HI/c1-6-22-20(23-9-7-10-26(18(2)3)19(4)5)24-16-21(8-15-28-17-21)25-11-13-27-14-12-25;/h18-19H,6-17H2,1-5H3,(H2,22,23,24);1H. The van der Waals surface area contributed by atoms with E-state index in [1.807, 2.05) is 0 Å². The zero-order chi connectivity index (χ0) is 20.4. The van der Waals surface area contributed by atoms with Gasteiger partial charge in [-0.15, -0.1) is 24.0 Å². The monoisotopic (exact) mass is 541 g/mol. The van der Waals surface area contributed by atoms with Crippen molar-refractivity contribution in [2.45, 2.75) is 65.1 Å². The van der Waals surface area contributed by atoms with Gasteiger partial charge in [0.05, 0.1) is 25.3 Å². The lowest BCUT2D eigenvalue weighted by atomic mass is 9.96. The van der Waals surface area contributed by atoms with Crippen molar-refractivity contribution >= 4 is 41.7 Å². The number of hydrogen-bond acceptors (Lipinski definition) is 5. The Labute approximate surface area is 200 Å². The van der Waals surface area contributed by atoms with Crippen LogP contribution in [0.25, 0.3) is 0 Å². The first-order valence-electron chi connectivity index (χ1n) is 11.2. The van der Waals surface area contributed by atoms with Gasteiger partial charge in [-0.05, 0) is 53.2 Å². The Bertz CT molecular complexity index is 458. The molecule has 0 amide bonds. The topological polar surface area (TPSA) is 52.1 Å². The van der Waals surface area contributed by atoms with Crippen LogP contribution in [0, 0.1) is 0 Å². The van der Waals surface area contributed by atoms with Crippen molar-refractivity contribution in [3.05, 3.63) is 0 Å². The van der Waals surface area contributed by atoms with Crippen LogP contribution in [0.2, 0.25) is 0 Å². The van der Waals surface area contributed by atoms with Crippen molar-refractivity contribution in [3.63, 3.8) is 0 Å². The first kappa shape index (κ1) is 27.3. The lowest BCUT2D eigenvalue weighted by Crippen LogP contribution is -2.56. The SMILES string of the molecule is CCNC(=NCC1(N2CCOCC2)CCSC1)NCCCN(C(C)C)C(C)C.I. The van der Waals surface area contributed by atoms with Crippen molar-refractivity contribution in [1.82, 2.24) is 20.4 Å². The molecular weight excluding hydrogens is 497 g/mol. The molecule has 0 bridgehead atoms. The van der Waals surface area contributed by atoms with Gasteiger partial charge in [0.15, 0.2) is 5.96 Å². The Kier molecular flexibility index (Phi) is 13.5. The van der Waals surface area contributed by atoms with Gasteiger partial charge in [0.1, 0.15) is 0 Å². The van der Waals surface area contributed by atoms with Crippen LogP contribution in [-0.4, -0.2) is 97.4 Å². The first-order chi connectivity index (χ1) is 13.5. The molecule has 0 aliphatic carbocycles. The largest absolute Gasteiger partial charge is 0.379 e. The van der Waals surface area contributed by atoms with E-state index >= 15 is 0 Å². The van der Waals surface area contributed by atoms with E-state index in [0.29, 0.717) is 12.1 Å². The molecule has 29 heavy (non-hydrogen) atoms. The third-order valence-electron chi connectivity index (χ3n) is 5.85. The van der Waals surface area contributed by atoms with E-state index in [1.165, 1.54) is 17.9 Å². The minimum atomic E-state index is 0. The predicted octanol–water partition coefficient (Wildman–Crippen LogP) is 2.88. The maximum absolute atomic E-state index is 5.57. The Morgan fingerprint density at radius 1 is 1.17 bits per heavy atom. The second-order valence-electron chi connectivity index (χ2n) is 8.53. The molecule has 1 atom stereocenters. The number of aliphatic imine (C=N–C) groups is 1. The third kappa shape index (κ3) is 8.71. The summed E-state index contributed by atoms with van der Waals surface area (Å²) in [5, 5.41) is 7.00. The molecule has 0 spiro atoms. The summed E-state index contributed by atoms with van der Waals surface area (Å²) in [6.07, 6.45) is 2.36. The number of halogens is 1. The Morgan fingerprint density at radius 3 is 2.41 bits per heavy atom. The fraction of sp³-hybridized carbons (Fsp3) is 0.952. The number of thioether (sulfide) groups is 1. The van der Waals surface area contributed by atoms with Crippen LogP contribution in [-0.2, 0) is 4.74 Å². The summed E-state index contributed by atoms with van der Waals surface area (Å²) in [5.74, 6) is 3.40. The van der Waals surface area contributed by atoms with Gasteiger partial charge in [-0.2, -0.15) is 11.8 Å². The summed E-state index contributed by atoms with van der Waals surface area (Å²) >= 11 is 2.07. The smallest absolute Gasteiger partial charge is 0.191 e.